The molecule has 0 saturated heterocycles. The largest absolute Gasteiger partial charge is 0.245 e. The lowest BCUT2D eigenvalue weighted by Crippen LogP contribution is -2.05. The second-order valence-electron chi connectivity index (χ2n) is 3.68. The third kappa shape index (κ3) is 3.05. The Balaban J connectivity index is 0.000000606. The molecule has 1 aliphatic rings. The summed E-state index contributed by atoms with van der Waals surface area (Å²) in [5.74, 6) is 0. The maximum absolute atomic E-state index is 4.10. The molecule has 1 aliphatic carbocycles. The summed E-state index contributed by atoms with van der Waals surface area (Å²) in [5.41, 5.74) is 3.51. The van der Waals surface area contributed by atoms with E-state index in [0.717, 1.165) is 24.4 Å². The average molecular weight is 219 g/mol. The van der Waals surface area contributed by atoms with Gasteiger partial charge in [-0.2, -0.15) is 0 Å². The highest BCUT2D eigenvalue weighted by Crippen LogP contribution is 2.12. The standard InChI is InChI=1S/C11H15N3.C2H6/c1-9-10(2)14(13-12-9)8-11-6-4-3-5-7-11;1-2/h4,6-7H,3,5,8H2,1-2H3;1-2H3. The van der Waals surface area contributed by atoms with Crippen LogP contribution in [-0.2, 0) is 6.54 Å². The van der Waals surface area contributed by atoms with Crippen molar-refractivity contribution in [3.8, 4) is 0 Å². The number of nitrogens with zero attached hydrogens (tertiary/aromatic N) is 3. The molecule has 3 nitrogen and oxygen atoms in total. The van der Waals surface area contributed by atoms with Crippen molar-refractivity contribution >= 4 is 0 Å². The van der Waals surface area contributed by atoms with Crippen molar-refractivity contribution < 1.29 is 0 Å². The first-order valence-electron chi connectivity index (χ1n) is 5.99. The van der Waals surface area contributed by atoms with E-state index in [2.05, 4.69) is 35.5 Å². The van der Waals surface area contributed by atoms with Crippen molar-refractivity contribution in [3.63, 3.8) is 0 Å². The summed E-state index contributed by atoms with van der Waals surface area (Å²) in [7, 11) is 0. The summed E-state index contributed by atoms with van der Waals surface area (Å²) in [6.07, 6.45) is 8.99. The molecule has 3 heteroatoms. The number of hydrogen-bond donors (Lipinski definition) is 0. The van der Waals surface area contributed by atoms with E-state index in [1.807, 2.05) is 25.5 Å². The summed E-state index contributed by atoms with van der Waals surface area (Å²) < 4.78 is 1.96. The second kappa shape index (κ2) is 6.26. The maximum Gasteiger partial charge on any atom is 0.0825 e. The SMILES string of the molecule is CC.Cc1nnn(CC2=CCCC=C2)c1C. The highest BCUT2D eigenvalue weighted by atomic mass is 15.4. The van der Waals surface area contributed by atoms with Crippen LogP contribution in [0.5, 0.6) is 0 Å². The predicted molar refractivity (Wildman–Crippen MR) is 67.3 cm³/mol. The van der Waals surface area contributed by atoms with E-state index in [0.29, 0.717) is 0 Å². The first-order valence-corrected chi connectivity index (χ1v) is 5.99. The Labute approximate surface area is 97.9 Å². The van der Waals surface area contributed by atoms with Gasteiger partial charge in [0.15, 0.2) is 0 Å². The van der Waals surface area contributed by atoms with E-state index in [1.54, 1.807) is 0 Å². The Morgan fingerprint density at radius 3 is 2.50 bits per heavy atom. The van der Waals surface area contributed by atoms with Gasteiger partial charge in [0.25, 0.3) is 0 Å². The normalized spacial score (nSPS) is 14.1. The van der Waals surface area contributed by atoms with Crippen molar-refractivity contribution in [1.29, 1.82) is 0 Å². The van der Waals surface area contributed by atoms with E-state index >= 15 is 0 Å². The summed E-state index contributed by atoms with van der Waals surface area (Å²) >= 11 is 0. The zero-order valence-electron chi connectivity index (χ0n) is 10.7. The van der Waals surface area contributed by atoms with E-state index in [4.69, 9.17) is 0 Å². The van der Waals surface area contributed by atoms with Gasteiger partial charge in [-0.15, -0.1) is 5.10 Å². The van der Waals surface area contributed by atoms with Gasteiger partial charge in [0.1, 0.15) is 0 Å². The maximum atomic E-state index is 4.10. The average Bonchev–Trinajstić information content (AvgIpc) is 2.65. The van der Waals surface area contributed by atoms with Crippen molar-refractivity contribution in [1.82, 2.24) is 15.0 Å². The highest BCUT2D eigenvalue weighted by Gasteiger charge is 2.05. The Kier molecular flexibility index (Phi) is 4.96. The molecule has 0 aliphatic heterocycles. The van der Waals surface area contributed by atoms with Gasteiger partial charge in [-0.25, -0.2) is 4.68 Å². The number of hydrogen-bond acceptors (Lipinski definition) is 2. The topological polar surface area (TPSA) is 30.7 Å². The molecule has 0 saturated carbocycles. The molecule has 0 N–H and O–H groups in total. The molecule has 0 radical (unpaired) electrons. The molecule has 0 spiro atoms. The minimum Gasteiger partial charge on any atom is -0.245 e. The minimum absolute atomic E-state index is 0.850. The van der Waals surface area contributed by atoms with Crippen LogP contribution in [0.15, 0.2) is 23.8 Å². The molecule has 2 rings (SSSR count). The fourth-order valence-corrected chi connectivity index (χ4v) is 1.56. The quantitative estimate of drug-likeness (QED) is 0.764. The molecule has 1 aromatic rings. The van der Waals surface area contributed by atoms with Crippen LogP contribution in [0.1, 0.15) is 38.1 Å². The molecule has 1 aromatic heterocycles. The van der Waals surface area contributed by atoms with Gasteiger partial charge in [-0.3, -0.25) is 0 Å². The molecule has 0 fully saturated rings. The van der Waals surface area contributed by atoms with Crippen LogP contribution in [0.2, 0.25) is 0 Å². The summed E-state index contributed by atoms with van der Waals surface area (Å²) in [6, 6.07) is 0. The van der Waals surface area contributed by atoms with Gasteiger partial charge < -0.3 is 0 Å². The molecule has 0 bridgehead atoms. The van der Waals surface area contributed by atoms with Crippen LogP contribution in [0.25, 0.3) is 0 Å². The van der Waals surface area contributed by atoms with Gasteiger partial charge in [-0.1, -0.05) is 37.3 Å². The molecule has 0 aromatic carbocycles. The predicted octanol–water partition coefficient (Wildman–Crippen LogP) is 3.20. The van der Waals surface area contributed by atoms with Crippen molar-refractivity contribution in [3.05, 3.63) is 35.2 Å². The molecule has 88 valence electrons. The second-order valence-corrected chi connectivity index (χ2v) is 3.68. The number of aryl methyl sites for hydroxylation is 1. The van der Waals surface area contributed by atoms with Crippen molar-refractivity contribution in [2.75, 3.05) is 0 Å². The third-order valence-electron chi connectivity index (χ3n) is 2.62. The van der Waals surface area contributed by atoms with Gasteiger partial charge >= 0.3 is 0 Å². The summed E-state index contributed by atoms with van der Waals surface area (Å²) in [5, 5.41) is 8.14. The van der Waals surface area contributed by atoms with E-state index in [1.165, 1.54) is 12.0 Å². The molecule has 1 heterocycles. The zero-order valence-corrected chi connectivity index (χ0v) is 10.7. The van der Waals surface area contributed by atoms with Crippen LogP contribution in [0.4, 0.5) is 0 Å². The van der Waals surface area contributed by atoms with Crippen LogP contribution in [-0.4, -0.2) is 15.0 Å². The smallest absolute Gasteiger partial charge is 0.0825 e. The first kappa shape index (κ1) is 12.7. The van der Waals surface area contributed by atoms with Gasteiger partial charge in [0, 0.05) is 0 Å². The molecular weight excluding hydrogens is 198 g/mol. The molecule has 0 unspecified atom stereocenters. The molecule has 0 atom stereocenters. The lowest BCUT2D eigenvalue weighted by molar-refractivity contribution is 0.629. The first-order chi connectivity index (χ1) is 7.77. The van der Waals surface area contributed by atoms with E-state index in [-0.39, 0.29) is 0 Å². The van der Waals surface area contributed by atoms with Crippen LogP contribution in [0, 0.1) is 13.8 Å². The Bertz CT molecular complexity index is 386. The van der Waals surface area contributed by atoms with Crippen molar-refractivity contribution in [2.45, 2.75) is 47.1 Å². The minimum atomic E-state index is 0.850. The van der Waals surface area contributed by atoms with Gasteiger partial charge in [0.2, 0.25) is 0 Å². The fraction of sp³-hybridized carbons (Fsp3) is 0.538. The Hall–Kier alpha value is -1.38. The zero-order chi connectivity index (χ0) is 12.0. The summed E-state index contributed by atoms with van der Waals surface area (Å²) in [6.45, 7) is 8.90. The lowest BCUT2D eigenvalue weighted by atomic mass is 10.1. The Morgan fingerprint density at radius 2 is 2.00 bits per heavy atom. The van der Waals surface area contributed by atoms with Crippen LogP contribution in [0.3, 0.4) is 0 Å². The van der Waals surface area contributed by atoms with Gasteiger partial charge in [-0.05, 0) is 32.3 Å². The number of allylic oxidation sites excluding steroid dienone is 4. The monoisotopic (exact) mass is 219 g/mol. The van der Waals surface area contributed by atoms with Crippen LogP contribution < -0.4 is 0 Å². The Morgan fingerprint density at radius 1 is 1.25 bits per heavy atom. The fourth-order valence-electron chi connectivity index (χ4n) is 1.56. The van der Waals surface area contributed by atoms with E-state index < -0.39 is 0 Å². The lowest BCUT2D eigenvalue weighted by Gasteiger charge is -2.07. The van der Waals surface area contributed by atoms with Gasteiger partial charge in [0.05, 0.1) is 17.9 Å². The third-order valence-corrected chi connectivity index (χ3v) is 2.62. The number of rotatable bonds is 2. The van der Waals surface area contributed by atoms with E-state index in [9.17, 15) is 0 Å². The molecule has 16 heavy (non-hydrogen) atoms. The summed E-state index contributed by atoms with van der Waals surface area (Å²) in [4.78, 5) is 0. The van der Waals surface area contributed by atoms with Crippen molar-refractivity contribution in [2.24, 2.45) is 0 Å². The highest BCUT2D eigenvalue weighted by molar-refractivity contribution is 5.22. The number of aromatic nitrogens is 3. The molecular formula is C13H21N3. The van der Waals surface area contributed by atoms with Crippen LogP contribution >= 0.6 is 0 Å². The molecule has 0 amide bonds.